The number of rotatable bonds is 6. The van der Waals surface area contributed by atoms with Gasteiger partial charge in [-0.2, -0.15) is 0 Å². The SMILES string of the molecule is COC(=O)[C@H]1C[C@H](OC(=O)c2ccc([N+](=O)[O-])cc2)CCN1[C@H](C)c1ccccc1. The third kappa shape index (κ3) is 4.83. The van der Waals surface area contributed by atoms with E-state index in [1.54, 1.807) is 0 Å². The van der Waals surface area contributed by atoms with Crippen LogP contribution in [0.3, 0.4) is 0 Å². The molecule has 1 aliphatic heterocycles. The van der Waals surface area contributed by atoms with Gasteiger partial charge in [-0.05, 0) is 31.0 Å². The van der Waals surface area contributed by atoms with Gasteiger partial charge in [-0.3, -0.25) is 19.8 Å². The molecule has 0 unspecified atom stereocenters. The quantitative estimate of drug-likeness (QED) is 0.407. The molecule has 8 nitrogen and oxygen atoms in total. The molecule has 0 N–H and O–H groups in total. The van der Waals surface area contributed by atoms with E-state index in [9.17, 15) is 19.7 Å². The zero-order valence-electron chi connectivity index (χ0n) is 16.9. The van der Waals surface area contributed by atoms with Crippen molar-refractivity contribution in [3.63, 3.8) is 0 Å². The Morgan fingerprint density at radius 2 is 1.80 bits per heavy atom. The third-order valence-electron chi connectivity index (χ3n) is 5.44. The zero-order valence-corrected chi connectivity index (χ0v) is 16.9. The van der Waals surface area contributed by atoms with E-state index >= 15 is 0 Å². The molecular formula is C22H24N2O6. The second kappa shape index (κ2) is 9.49. The number of carbonyl (C=O) groups is 2. The Hall–Kier alpha value is -3.26. The van der Waals surface area contributed by atoms with Gasteiger partial charge in [0, 0.05) is 31.1 Å². The highest BCUT2D eigenvalue weighted by molar-refractivity contribution is 5.89. The lowest BCUT2D eigenvalue weighted by Gasteiger charge is -2.41. The van der Waals surface area contributed by atoms with E-state index in [1.165, 1.54) is 31.4 Å². The fourth-order valence-corrected chi connectivity index (χ4v) is 3.75. The van der Waals surface area contributed by atoms with Crippen molar-refractivity contribution in [2.75, 3.05) is 13.7 Å². The predicted octanol–water partition coefficient (Wildman–Crippen LogP) is 3.52. The number of hydrogen-bond acceptors (Lipinski definition) is 7. The molecule has 0 spiro atoms. The first-order valence-electron chi connectivity index (χ1n) is 9.74. The first-order chi connectivity index (χ1) is 14.4. The summed E-state index contributed by atoms with van der Waals surface area (Å²) in [6, 6.07) is 14.6. The molecular weight excluding hydrogens is 388 g/mol. The number of nitro groups is 1. The molecule has 0 saturated carbocycles. The number of likely N-dealkylation sites (tertiary alicyclic amines) is 1. The van der Waals surface area contributed by atoms with Crippen molar-refractivity contribution < 1.29 is 24.0 Å². The summed E-state index contributed by atoms with van der Waals surface area (Å²) in [5, 5.41) is 10.8. The molecule has 1 heterocycles. The van der Waals surface area contributed by atoms with Crippen molar-refractivity contribution in [3.8, 4) is 0 Å². The number of benzene rings is 2. The van der Waals surface area contributed by atoms with Crippen molar-refractivity contribution >= 4 is 17.6 Å². The Bertz CT molecular complexity index is 900. The molecule has 1 saturated heterocycles. The maximum absolute atomic E-state index is 12.5. The van der Waals surface area contributed by atoms with Crippen LogP contribution in [-0.2, 0) is 14.3 Å². The highest BCUT2D eigenvalue weighted by atomic mass is 16.6. The second-order valence-corrected chi connectivity index (χ2v) is 7.22. The van der Waals surface area contributed by atoms with Gasteiger partial charge < -0.3 is 9.47 Å². The fraction of sp³-hybridized carbons (Fsp3) is 0.364. The van der Waals surface area contributed by atoms with Crippen molar-refractivity contribution in [1.82, 2.24) is 4.90 Å². The van der Waals surface area contributed by atoms with Crippen LogP contribution in [0.2, 0.25) is 0 Å². The molecule has 0 aliphatic carbocycles. The summed E-state index contributed by atoms with van der Waals surface area (Å²) in [6.45, 7) is 2.60. The number of methoxy groups -OCH3 is 1. The molecule has 158 valence electrons. The minimum Gasteiger partial charge on any atom is -0.468 e. The minimum atomic E-state index is -0.567. The molecule has 0 aromatic heterocycles. The summed E-state index contributed by atoms with van der Waals surface area (Å²) >= 11 is 0. The van der Waals surface area contributed by atoms with Crippen LogP contribution in [0.5, 0.6) is 0 Å². The van der Waals surface area contributed by atoms with E-state index in [4.69, 9.17) is 9.47 Å². The van der Waals surface area contributed by atoms with Gasteiger partial charge in [0.25, 0.3) is 5.69 Å². The van der Waals surface area contributed by atoms with Crippen LogP contribution in [0.4, 0.5) is 5.69 Å². The Morgan fingerprint density at radius 3 is 2.40 bits per heavy atom. The summed E-state index contributed by atoms with van der Waals surface area (Å²) in [5.74, 6) is -0.933. The topological polar surface area (TPSA) is 99.0 Å². The number of esters is 2. The molecule has 1 fully saturated rings. The van der Waals surface area contributed by atoms with Crippen molar-refractivity contribution in [2.45, 2.75) is 38.0 Å². The molecule has 3 rings (SSSR count). The van der Waals surface area contributed by atoms with Crippen LogP contribution < -0.4 is 0 Å². The molecule has 3 atom stereocenters. The summed E-state index contributed by atoms with van der Waals surface area (Å²) in [4.78, 5) is 37.2. The highest BCUT2D eigenvalue weighted by Crippen LogP contribution is 2.30. The van der Waals surface area contributed by atoms with E-state index < -0.39 is 23.0 Å². The lowest BCUT2D eigenvalue weighted by molar-refractivity contribution is -0.384. The normalized spacial score (nSPS) is 20.2. The third-order valence-corrected chi connectivity index (χ3v) is 5.44. The first-order valence-corrected chi connectivity index (χ1v) is 9.74. The number of piperidine rings is 1. The van der Waals surface area contributed by atoms with Crippen molar-refractivity contribution in [1.29, 1.82) is 0 Å². The number of nitrogens with zero attached hydrogens (tertiary/aromatic N) is 2. The summed E-state index contributed by atoms with van der Waals surface area (Å²) < 4.78 is 10.6. The van der Waals surface area contributed by atoms with Crippen LogP contribution in [-0.4, -0.2) is 47.6 Å². The van der Waals surface area contributed by atoms with E-state index in [-0.39, 0.29) is 23.3 Å². The molecule has 30 heavy (non-hydrogen) atoms. The molecule has 0 radical (unpaired) electrons. The largest absolute Gasteiger partial charge is 0.468 e. The van der Waals surface area contributed by atoms with Crippen LogP contribution >= 0.6 is 0 Å². The van der Waals surface area contributed by atoms with Gasteiger partial charge in [-0.1, -0.05) is 30.3 Å². The standard InChI is InChI=1S/C22H24N2O6/c1-15(16-6-4-3-5-7-16)23-13-12-19(14-20(23)22(26)29-2)30-21(25)17-8-10-18(11-9-17)24(27)28/h3-11,15,19-20H,12-14H2,1-2H3/t15-,19-,20-/m1/s1. The molecule has 0 bridgehead atoms. The van der Waals surface area contributed by atoms with Gasteiger partial charge in [0.05, 0.1) is 17.6 Å². The number of hydrogen-bond donors (Lipinski definition) is 0. The van der Waals surface area contributed by atoms with Crippen molar-refractivity contribution in [2.24, 2.45) is 0 Å². The van der Waals surface area contributed by atoms with Crippen LogP contribution in [0.1, 0.15) is 41.7 Å². The number of ether oxygens (including phenoxy) is 2. The van der Waals surface area contributed by atoms with Gasteiger partial charge in [0.15, 0.2) is 0 Å². The number of carbonyl (C=O) groups excluding carboxylic acids is 2. The van der Waals surface area contributed by atoms with E-state index in [2.05, 4.69) is 4.90 Å². The maximum Gasteiger partial charge on any atom is 0.338 e. The molecule has 8 heteroatoms. The summed E-state index contributed by atoms with van der Waals surface area (Å²) in [5.41, 5.74) is 1.23. The van der Waals surface area contributed by atoms with Crippen molar-refractivity contribution in [3.05, 3.63) is 75.8 Å². The summed E-state index contributed by atoms with van der Waals surface area (Å²) in [6.07, 6.45) is 0.447. The Kier molecular flexibility index (Phi) is 6.79. The fourth-order valence-electron chi connectivity index (χ4n) is 3.75. The molecule has 2 aromatic rings. The van der Waals surface area contributed by atoms with Crippen LogP contribution in [0.25, 0.3) is 0 Å². The average molecular weight is 412 g/mol. The second-order valence-electron chi connectivity index (χ2n) is 7.22. The Morgan fingerprint density at radius 1 is 1.13 bits per heavy atom. The maximum atomic E-state index is 12.5. The minimum absolute atomic E-state index is 0.00150. The first kappa shape index (κ1) is 21.4. The molecule has 1 aliphatic rings. The van der Waals surface area contributed by atoms with Gasteiger partial charge in [-0.15, -0.1) is 0 Å². The Balaban J connectivity index is 1.69. The number of nitro benzene ring substituents is 1. The van der Waals surface area contributed by atoms with E-state index in [0.717, 1.165) is 5.56 Å². The smallest absolute Gasteiger partial charge is 0.338 e. The average Bonchev–Trinajstić information content (AvgIpc) is 2.78. The van der Waals surface area contributed by atoms with Gasteiger partial charge >= 0.3 is 11.9 Å². The Labute approximate surface area is 174 Å². The van der Waals surface area contributed by atoms with E-state index in [1.807, 2.05) is 37.3 Å². The van der Waals surface area contributed by atoms with Crippen LogP contribution in [0.15, 0.2) is 54.6 Å². The summed E-state index contributed by atoms with van der Waals surface area (Å²) in [7, 11) is 1.35. The van der Waals surface area contributed by atoms with Gasteiger partial charge in [0.1, 0.15) is 12.1 Å². The highest BCUT2D eigenvalue weighted by Gasteiger charge is 2.38. The van der Waals surface area contributed by atoms with Crippen LogP contribution in [0, 0.1) is 10.1 Å². The molecule has 2 aromatic carbocycles. The van der Waals surface area contributed by atoms with Gasteiger partial charge in [0.2, 0.25) is 0 Å². The van der Waals surface area contributed by atoms with Gasteiger partial charge in [-0.25, -0.2) is 4.79 Å². The monoisotopic (exact) mass is 412 g/mol. The van der Waals surface area contributed by atoms with E-state index in [0.29, 0.717) is 19.4 Å². The lowest BCUT2D eigenvalue weighted by Crippen LogP contribution is -2.50. The molecule has 0 amide bonds. The number of non-ortho nitro benzene ring substituents is 1. The lowest BCUT2D eigenvalue weighted by atomic mass is 9.95. The zero-order chi connectivity index (χ0) is 21.7. The predicted molar refractivity (Wildman–Crippen MR) is 109 cm³/mol.